The van der Waals surface area contributed by atoms with Gasteiger partial charge in [0.05, 0.1) is 28.7 Å². The fourth-order valence-corrected chi connectivity index (χ4v) is 3.42. The smallest absolute Gasteiger partial charge is 0.308 e. The number of carbonyl (C=O) groups is 2. The minimum atomic E-state index is -0.532. The molecule has 0 aliphatic rings. The third-order valence-electron chi connectivity index (χ3n) is 4.44. The van der Waals surface area contributed by atoms with Gasteiger partial charge in [-0.15, -0.1) is 0 Å². The lowest BCUT2D eigenvalue weighted by molar-refractivity contribution is -0.131. The summed E-state index contributed by atoms with van der Waals surface area (Å²) in [5.41, 5.74) is 8.54. The molecule has 2 N–H and O–H groups in total. The van der Waals surface area contributed by atoms with E-state index in [1.165, 1.54) is 6.92 Å². The maximum Gasteiger partial charge on any atom is 0.308 e. The monoisotopic (exact) mass is 359 g/mol. The Morgan fingerprint density at radius 3 is 2.41 bits per heavy atom. The molecule has 0 aliphatic carbocycles. The summed E-state index contributed by atoms with van der Waals surface area (Å²) < 4.78 is 7.46. The van der Waals surface area contributed by atoms with E-state index in [-0.39, 0.29) is 0 Å². The van der Waals surface area contributed by atoms with Gasteiger partial charge in [-0.25, -0.2) is 0 Å². The first-order valence-corrected chi connectivity index (χ1v) is 8.48. The summed E-state index contributed by atoms with van der Waals surface area (Å²) >= 11 is 0. The maximum absolute atomic E-state index is 12.1. The van der Waals surface area contributed by atoms with Crippen LogP contribution < -0.4 is 10.5 Å². The van der Waals surface area contributed by atoms with E-state index in [0.29, 0.717) is 28.6 Å². The van der Waals surface area contributed by atoms with Gasteiger partial charge >= 0.3 is 5.97 Å². The molecule has 2 aromatic carbocycles. The van der Waals surface area contributed by atoms with Crippen LogP contribution in [-0.4, -0.2) is 21.4 Å². The molecule has 0 fully saturated rings. The third kappa shape index (κ3) is 2.91. The number of rotatable bonds is 4. The standard InChI is InChI=1S/C21H17N3O3/c1-13(25)27-18-10-5-9-17-20(18)19-15(21(22)26)7-4-8-16(19)24(17)12-14-6-2-3-11-23-14/h2-11H,12H2,1H3,(H2,22,26). The normalized spacial score (nSPS) is 11.0. The Morgan fingerprint density at radius 1 is 1.00 bits per heavy atom. The fraction of sp³-hybridized carbons (Fsp3) is 0.0952. The van der Waals surface area contributed by atoms with Crippen molar-refractivity contribution in [2.75, 3.05) is 0 Å². The van der Waals surface area contributed by atoms with Crippen LogP contribution in [0, 0.1) is 0 Å². The number of amides is 1. The quantitative estimate of drug-likeness (QED) is 0.447. The first kappa shape index (κ1) is 16.8. The highest BCUT2D eigenvalue weighted by Gasteiger charge is 2.20. The molecule has 1 amide bonds. The van der Waals surface area contributed by atoms with E-state index in [9.17, 15) is 9.59 Å². The maximum atomic E-state index is 12.1. The zero-order valence-electron chi connectivity index (χ0n) is 14.7. The second kappa shape index (κ2) is 6.57. The number of benzene rings is 2. The number of nitrogens with zero attached hydrogens (tertiary/aromatic N) is 2. The largest absolute Gasteiger partial charge is 0.426 e. The van der Waals surface area contributed by atoms with E-state index in [0.717, 1.165) is 16.7 Å². The number of aromatic nitrogens is 2. The Bertz CT molecular complexity index is 1180. The summed E-state index contributed by atoms with van der Waals surface area (Å²) in [4.78, 5) is 28.0. The van der Waals surface area contributed by atoms with Gasteiger partial charge in [0.25, 0.3) is 0 Å². The third-order valence-corrected chi connectivity index (χ3v) is 4.44. The molecular weight excluding hydrogens is 342 g/mol. The van der Waals surface area contributed by atoms with E-state index < -0.39 is 11.9 Å². The lowest BCUT2D eigenvalue weighted by Gasteiger charge is -2.07. The zero-order chi connectivity index (χ0) is 19.0. The molecule has 0 atom stereocenters. The number of esters is 1. The van der Waals surface area contributed by atoms with Crippen molar-refractivity contribution in [1.29, 1.82) is 0 Å². The van der Waals surface area contributed by atoms with E-state index in [1.807, 2.05) is 41.0 Å². The molecule has 0 aliphatic heterocycles. The average Bonchev–Trinajstić information content (AvgIpc) is 2.97. The lowest BCUT2D eigenvalue weighted by Crippen LogP contribution is -2.11. The predicted octanol–water partition coefficient (Wildman–Crippen LogP) is 3.26. The van der Waals surface area contributed by atoms with Crippen LogP contribution in [0.3, 0.4) is 0 Å². The Kier molecular flexibility index (Phi) is 4.08. The number of primary amides is 1. The van der Waals surface area contributed by atoms with Crippen molar-refractivity contribution in [3.05, 3.63) is 72.1 Å². The van der Waals surface area contributed by atoms with Crippen molar-refractivity contribution in [3.8, 4) is 5.75 Å². The molecule has 6 nitrogen and oxygen atoms in total. The molecule has 134 valence electrons. The molecular formula is C21H17N3O3. The van der Waals surface area contributed by atoms with Crippen LogP contribution in [-0.2, 0) is 11.3 Å². The van der Waals surface area contributed by atoms with Crippen molar-refractivity contribution in [2.45, 2.75) is 13.5 Å². The number of ether oxygens (including phenoxy) is 1. The topological polar surface area (TPSA) is 87.2 Å². The first-order chi connectivity index (χ1) is 13.1. The predicted molar refractivity (Wildman–Crippen MR) is 103 cm³/mol. The summed E-state index contributed by atoms with van der Waals surface area (Å²) in [6, 6.07) is 16.6. The molecule has 0 saturated carbocycles. The van der Waals surface area contributed by atoms with Crippen LogP contribution in [0.4, 0.5) is 0 Å². The van der Waals surface area contributed by atoms with E-state index in [2.05, 4.69) is 4.98 Å². The van der Waals surface area contributed by atoms with Crippen molar-refractivity contribution >= 4 is 33.7 Å². The van der Waals surface area contributed by atoms with Crippen LogP contribution in [0.15, 0.2) is 60.8 Å². The lowest BCUT2D eigenvalue weighted by atomic mass is 10.1. The van der Waals surface area contributed by atoms with Gasteiger partial charge in [0, 0.05) is 24.1 Å². The highest BCUT2D eigenvalue weighted by atomic mass is 16.5. The summed E-state index contributed by atoms with van der Waals surface area (Å²) in [6.07, 6.45) is 1.74. The van der Waals surface area contributed by atoms with Crippen molar-refractivity contribution in [2.24, 2.45) is 5.73 Å². The molecule has 0 radical (unpaired) electrons. The SMILES string of the molecule is CC(=O)Oc1cccc2c1c1c(C(N)=O)cccc1n2Cc1ccccn1. The van der Waals surface area contributed by atoms with Crippen LogP contribution >= 0.6 is 0 Å². The molecule has 6 heteroatoms. The zero-order valence-corrected chi connectivity index (χ0v) is 14.7. The molecule has 0 spiro atoms. The van der Waals surface area contributed by atoms with Gasteiger partial charge in [-0.05, 0) is 36.4 Å². The number of hydrogen-bond donors (Lipinski definition) is 1. The number of hydrogen-bond acceptors (Lipinski definition) is 4. The van der Waals surface area contributed by atoms with Gasteiger partial charge < -0.3 is 15.0 Å². The van der Waals surface area contributed by atoms with Crippen LogP contribution in [0.2, 0.25) is 0 Å². The molecule has 0 unspecified atom stereocenters. The molecule has 27 heavy (non-hydrogen) atoms. The molecule has 2 aromatic heterocycles. The second-order valence-electron chi connectivity index (χ2n) is 6.22. The fourth-order valence-electron chi connectivity index (χ4n) is 3.42. The van der Waals surface area contributed by atoms with E-state index in [1.54, 1.807) is 24.4 Å². The first-order valence-electron chi connectivity index (χ1n) is 8.48. The number of pyridine rings is 1. The Morgan fingerprint density at radius 2 is 1.74 bits per heavy atom. The molecule has 0 saturated heterocycles. The van der Waals surface area contributed by atoms with Gasteiger partial charge in [-0.3, -0.25) is 14.6 Å². The van der Waals surface area contributed by atoms with Gasteiger partial charge in [0.2, 0.25) is 5.91 Å². The summed E-state index contributed by atoms with van der Waals surface area (Å²) in [6.45, 7) is 1.85. The number of carbonyl (C=O) groups excluding carboxylic acids is 2. The van der Waals surface area contributed by atoms with Crippen LogP contribution in [0.1, 0.15) is 23.0 Å². The van der Waals surface area contributed by atoms with Crippen molar-refractivity contribution in [1.82, 2.24) is 9.55 Å². The van der Waals surface area contributed by atoms with Gasteiger partial charge in [-0.2, -0.15) is 0 Å². The minimum Gasteiger partial charge on any atom is -0.426 e. The summed E-state index contributed by atoms with van der Waals surface area (Å²) in [7, 11) is 0. The molecule has 2 heterocycles. The highest BCUT2D eigenvalue weighted by molar-refractivity contribution is 6.20. The van der Waals surface area contributed by atoms with Crippen LogP contribution in [0.25, 0.3) is 21.8 Å². The van der Waals surface area contributed by atoms with Crippen molar-refractivity contribution in [3.63, 3.8) is 0 Å². The molecule has 0 bridgehead atoms. The van der Waals surface area contributed by atoms with Gasteiger partial charge in [0.1, 0.15) is 5.75 Å². The number of nitrogens with two attached hydrogens (primary N) is 1. The van der Waals surface area contributed by atoms with Gasteiger partial charge in [-0.1, -0.05) is 18.2 Å². The Hall–Kier alpha value is -3.67. The number of fused-ring (bicyclic) bond motifs is 3. The Labute approximate surface area is 155 Å². The second-order valence-corrected chi connectivity index (χ2v) is 6.22. The van der Waals surface area contributed by atoms with E-state index >= 15 is 0 Å². The van der Waals surface area contributed by atoms with Gasteiger partial charge in [0.15, 0.2) is 0 Å². The Balaban J connectivity index is 2.09. The van der Waals surface area contributed by atoms with Crippen molar-refractivity contribution < 1.29 is 14.3 Å². The van der Waals surface area contributed by atoms with Crippen LogP contribution in [0.5, 0.6) is 5.75 Å². The highest BCUT2D eigenvalue weighted by Crippen LogP contribution is 2.38. The summed E-state index contributed by atoms with van der Waals surface area (Å²) in [5, 5.41) is 1.36. The molecule has 4 aromatic rings. The van der Waals surface area contributed by atoms with E-state index in [4.69, 9.17) is 10.5 Å². The summed E-state index contributed by atoms with van der Waals surface area (Å²) in [5.74, 6) is -0.557. The minimum absolute atomic E-state index is 0.386. The molecule has 4 rings (SSSR count). The average molecular weight is 359 g/mol.